The number of carbonyl (C=O) groups excluding carboxylic acids is 3. The quantitative estimate of drug-likeness (QED) is 0.525. The average Bonchev–Trinajstić information content (AvgIpc) is 3.34. The molecule has 3 amide bonds. The molecule has 2 fully saturated rings. The Bertz CT molecular complexity index is 1260. The highest BCUT2D eigenvalue weighted by Crippen LogP contribution is 2.46. The van der Waals surface area contributed by atoms with Crippen molar-refractivity contribution in [1.29, 1.82) is 0 Å². The van der Waals surface area contributed by atoms with Crippen molar-refractivity contribution in [1.82, 2.24) is 5.06 Å². The van der Waals surface area contributed by atoms with E-state index in [2.05, 4.69) is 0 Å². The topological polar surface area (TPSA) is 111 Å². The number of amides is 3. The number of carbonyl (C=O) groups is 3. The minimum absolute atomic E-state index is 0.271. The SMILES string of the molecule is COc1ccc(Oc2cccc(C3C4C(=O)N(c5ccccc5)C(=O)C4ON3CC(N)=O)c2)cc1. The van der Waals surface area contributed by atoms with Crippen LogP contribution in [0, 0.1) is 5.92 Å². The summed E-state index contributed by atoms with van der Waals surface area (Å²) >= 11 is 0. The summed E-state index contributed by atoms with van der Waals surface area (Å²) in [6.07, 6.45) is -1.06. The number of hydrogen-bond donors (Lipinski definition) is 1. The molecule has 0 radical (unpaired) electrons. The Morgan fingerprint density at radius 1 is 0.914 bits per heavy atom. The summed E-state index contributed by atoms with van der Waals surface area (Å²) in [7, 11) is 1.59. The molecule has 0 saturated carbocycles. The number of primary amides is 1. The number of methoxy groups -OCH3 is 1. The summed E-state index contributed by atoms with van der Waals surface area (Å²) in [6, 6.07) is 22.2. The van der Waals surface area contributed by atoms with Gasteiger partial charge in [-0.25, -0.2) is 4.90 Å². The van der Waals surface area contributed by atoms with E-state index in [-0.39, 0.29) is 6.54 Å². The lowest BCUT2D eigenvalue weighted by molar-refractivity contribution is -0.175. The molecule has 2 heterocycles. The van der Waals surface area contributed by atoms with Crippen molar-refractivity contribution in [2.45, 2.75) is 12.1 Å². The molecule has 0 aromatic heterocycles. The molecule has 2 aliphatic rings. The highest BCUT2D eigenvalue weighted by Gasteiger charge is 2.60. The van der Waals surface area contributed by atoms with Gasteiger partial charge in [0.05, 0.1) is 24.8 Å². The van der Waals surface area contributed by atoms with Crippen LogP contribution in [0.4, 0.5) is 5.69 Å². The first-order valence-electron chi connectivity index (χ1n) is 11.0. The summed E-state index contributed by atoms with van der Waals surface area (Å²) in [5.41, 5.74) is 6.55. The smallest absolute Gasteiger partial charge is 0.265 e. The van der Waals surface area contributed by atoms with Gasteiger partial charge in [0, 0.05) is 0 Å². The Kier molecular flexibility index (Phi) is 5.94. The van der Waals surface area contributed by atoms with Crippen LogP contribution in [0.25, 0.3) is 0 Å². The molecule has 5 rings (SSSR count). The molecule has 0 spiro atoms. The third-order valence-electron chi connectivity index (χ3n) is 6.02. The zero-order chi connectivity index (χ0) is 24.5. The Labute approximate surface area is 201 Å². The molecule has 9 heteroatoms. The number of benzene rings is 3. The Balaban J connectivity index is 1.47. The van der Waals surface area contributed by atoms with Gasteiger partial charge in [-0.1, -0.05) is 30.3 Å². The van der Waals surface area contributed by atoms with E-state index in [1.807, 2.05) is 0 Å². The molecule has 35 heavy (non-hydrogen) atoms. The predicted molar refractivity (Wildman–Crippen MR) is 125 cm³/mol. The highest BCUT2D eigenvalue weighted by molar-refractivity contribution is 6.23. The fraction of sp³-hybridized carbons (Fsp3) is 0.192. The summed E-state index contributed by atoms with van der Waals surface area (Å²) < 4.78 is 11.1. The predicted octanol–water partition coefficient (Wildman–Crippen LogP) is 2.82. The largest absolute Gasteiger partial charge is 0.497 e. The molecule has 0 bridgehead atoms. The number of fused-ring (bicyclic) bond motifs is 1. The van der Waals surface area contributed by atoms with E-state index in [1.54, 1.807) is 86.0 Å². The molecule has 9 nitrogen and oxygen atoms in total. The molecule has 3 aromatic rings. The van der Waals surface area contributed by atoms with Crippen molar-refractivity contribution in [2.24, 2.45) is 11.7 Å². The number of ether oxygens (including phenoxy) is 2. The van der Waals surface area contributed by atoms with E-state index in [1.165, 1.54) is 5.06 Å². The summed E-state index contributed by atoms with van der Waals surface area (Å²) in [5.74, 6) is -0.543. The van der Waals surface area contributed by atoms with E-state index < -0.39 is 35.8 Å². The van der Waals surface area contributed by atoms with Crippen LogP contribution in [0.2, 0.25) is 0 Å². The van der Waals surface area contributed by atoms with Crippen LogP contribution >= 0.6 is 0 Å². The maximum atomic E-state index is 13.5. The summed E-state index contributed by atoms with van der Waals surface area (Å²) in [5, 5.41) is 1.32. The van der Waals surface area contributed by atoms with Crippen LogP contribution in [-0.4, -0.2) is 42.5 Å². The minimum atomic E-state index is -1.06. The van der Waals surface area contributed by atoms with Crippen LogP contribution < -0.4 is 20.1 Å². The Morgan fingerprint density at radius 2 is 1.63 bits per heavy atom. The van der Waals surface area contributed by atoms with Gasteiger partial charge in [-0.15, -0.1) is 0 Å². The van der Waals surface area contributed by atoms with E-state index in [9.17, 15) is 14.4 Å². The van der Waals surface area contributed by atoms with Gasteiger partial charge < -0.3 is 15.2 Å². The molecule has 3 unspecified atom stereocenters. The van der Waals surface area contributed by atoms with E-state index in [0.29, 0.717) is 28.5 Å². The second-order valence-corrected chi connectivity index (χ2v) is 8.24. The van der Waals surface area contributed by atoms with Gasteiger partial charge in [-0.2, -0.15) is 5.06 Å². The monoisotopic (exact) mass is 473 g/mol. The van der Waals surface area contributed by atoms with Gasteiger partial charge in [-0.05, 0) is 54.1 Å². The van der Waals surface area contributed by atoms with E-state index in [4.69, 9.17) is 20.0 Å². The maximum absolute atomic E-state index is 13.5. The molecule has 2 aliphatic heterocycles. The lowest BCUT2D eigenvalue weighted by Crippen LogP contribution is -2.40. The highest BCUT2D eigenvalue weighted by atomic mass is 16.7. The first-order valence-corrected chi connectivity index (χ1v) is 11.0. The van der Waals surface area contributed by atoms with Crippen molar-refractivity contribution >= 4 is 23.4 Å². The number of nitrogens with zero attached hydrogens (tertiary/aromatic N) is 2. The molecule has 3 aromatic carbocycles. The number of imide groups is 1. The lowest BCUT2D eigenvalue weighted by Gasteiger charge is -2.26. The van der Waals surface area contributed by atoms with Crippen LogP contribution in [-0.2, 0) is 19.2 Å². The van der Waals surface area contributed by atoms with Crippen molar-refractivity contribution in [3.8, 4) is 17.2 Å². The molecule has 2 saturated heterocycles. The zero-order valence-electron chi connectivity index (χ0n) is 18.9. The number of para-hydroxylation sites is 1. The van der Waals surface area contributed by atoms with E-state index >= 15 is 0 Å². The van der Waals surface area contributed by atoms with Gasteiger partial charge in [0.25, 0.3) is 5.91 Å². The number of nitrogens with two attached hydrogens (primary N) is 1. The molecule has 0 aliphatic carbocycles. The van der Waals surface area contributed by atoms with Crippen LogP contribution in [0.15, 0.2) is 78.9 Å². The molecular weight excluding hydrogens is 450 g/mol. The number of anilines is 1. The maximum Gasteiger partial charge on any atom is 0.265 e. The fourth-order valence-corrected chi connectivity index (χ4v) is 4.51. The second kappa shape index (κ2) is 9.21. The summed E-state index contributed by atoms with van der Waals surface area (Å²) in [4.78, 5) is 45.4. The molecule has 3 atom stereocenters. The molecular formula is C26H23N3O6. The average molecular weight is 473 g/mol. The Morgan fingerprint density at radius 3 is 2.31 bits per heavy atom. The van der Waals surface area contributed by atoms with Crippen molar-refractivity contribution < 1.29 is 28.7 Å². The van der Waals surface area contributed by atoms with Gasteiger partial charge in [0.15, 0.2) is 6.10 Å². The third-order valence-corrected chi connectivity index (χ3v) is 6.02. The number of hydrogen-bond acceptors (Lipinski definition) is 7. The van der Waals surface area contributed by atoms with Gasteiger partial charge >= 0.3 is 0 Å². The third kappa shape index (κ3) is 4.23. The first kappa shape index (κ1) is 22.6. The lowest BCUT2D eigenvalue weighted by atomic mass is 9.90. The van der Waals surface area contributed by atoms with Crippen LogP contribution in [0.3, 0.4) is 0 Å². The van der Waals surface area contributed by atoms with Gasteiger partial charge in [0.2, 0.25) is 11.8 Å². The normalized spacial score (nSPS) is 21.7. The standard InChI is InChI=1S/C26H23N3O6/c1-33-18-10-12-19(13-11-18)34-20-9-5-6-16(14-20)23-22-24(35-28(23)15-21(27)30)26(32)29(25(22)31)17-7-3-2-4-8-17/h2-14,22-24H,15H2,1H3,(H2,27,30). The number of hydroxylamine groups is 2. The minimum Gasteiger partial charge on any atom is -0.497 e. The van der Waals surface area contributed by atoms with Gasteiger partial charge in [-0.3, -0.25) is 19.2 Å². The zero-order valence-corrected chi connectivity index (χ0v) is 18.9. The molecule has 178 valence electrons. The fourth-order valence-electron chi connectivity index (χ4n) is 4.51. The molecule has 2 N–H and O–H groups in total. The summed E-state index contributed by atoms with van der Waals surface area (Å²) in [6.45, 7) is -0.271. The van der Waals surface area contributed by atoms with Crippen molar-refractivity contribution in [2.75, 3.05) is 18.6 Å². The van der Waals surface area contributed by atoms with Crippen LogP contribution in [0.1, 0.15) is 11.6 Å². The van der Waals surface area contributed by atoms with E-state index in [0.717, 1.165) is 4.90 Å². The van der Waals surface area contributed by atoms with Crippen molar-refractivity contribution in [3.05, 3.63) is 84.4 Å². The van der Waals surface area contributed by atoms with Gasteiger partial charge in [0.1, 0.15) is 23.8 Å². The van der Waals surface area contributed by atoms with Crippen LogP contribution in [0.5, 0.6) is 17.2 Å². The second-order valence-electron chi connectivity index (χ2n) is 8.24. The Hall–Kier alpha value is -4.21. The number of rotatable bonds is 7. The first-order chi connectivity index (χ1) is 17.0. The van der Waals surface area contributed by atoms with Crippen molar-refractivity contribution in [3.63, 3.8) is 0 Å².